The van der Waals surface area contributed by atoms with Crippen LogP contribution in [0.4, 0.5) is 0 Å². The SMILES string of the molecule is C[C@H](NC(=O)[C@H]1C[C@@H]2C[C@@H]2CN1CCOc1ccccc1)c1ccc(CO)cc1. The van der Waals surface area contributed by atoms with E-state index in [4.69, 9.17) is 4.74 Å². The van der Waals surface area contributed by atoms with Crippen molar-refractivity contribution in [2.75, 3.05) is 19.7 Å². The lowest BCUT2D eigenvalue weighted by Gasteiger charge is -2.35. The molecule has 2 aliphatic rings. The van der Waals surface area contributed by atoms with E-state index in [0.29, 0.717) is 12.5 Å². The molecule has 4 rings (SSSR count). The second-order valence-electron chi connectivity index (χ2n) is 8.29. The Morgan fingerprint density at radius 2 is 1.90 bits per heavy atom. The molecule has 1 heterocycles. The number of para-hydroxylation sites is 1. The summed E-state index contributed by atoms with van der Waals surface area (Å²) < 4.78 is 5.86. The Balaban J connectivity index is 1.34. The smallest absolute Gasteiger partial charge is 0.237 e. The molecule has 2 N–H and O–H groups in total. The number of carbonyl (C=O) groups is 1. The normalized spacial score (nSPS) is 24.4. The topological polar surface area (TPSA) is 61.8 Å². The van der Waals surface area contributed by atoms with Crippen molar-refractivity contribution in [3.63, 3.8) is 0 Å². The summed E-state index contributed by atoms with van der Waals surface area (Å²) in [6.07, 6.45) is 2.19. The van der Waals surface area contributed by atoms with Crippen molar-refractivity contribution in [3.05, 3.63) is 65.7 Å². The van der Waals surface area contributed by atoms with Crippen molar-refractivity contribution in [2.45, 2.75) is 38.5 Å². The van der Waals surface area contributed by atoms with Crippen LogP contribution in [0.3, 0.4) is 0 Å². The number of hydrogen-bond donors (Lipinski definition) is 2. The second kappa shape index (κ2) is 8.97. The molecule has 1 saturated heterocycles. The average Bonchev–Trinajstić information content (AvgIpc) is 3.52. The van der Waals surface area contributed by atoms with Gasteiger partial charge in [0.2, 0.25) is 5.91 Å². The summed E-state index contributed by atoms with van der Waals surface area (Å²) in [5.74, 6) is 2.43. The molecule has 0 aromatic heterocycles. The van der Waals surface area contributed by atoms with E-state index in [2.05, 4.69) is 10.2 Å². The molecule has 4 atom stereocenters. The van der Waals surface area contributed by atoms with Crippen LogP contribution in [0.1, 0.15) is 36.9 Å². The molecule has 1 saturated carbocycles. The fourth-order valence-corrected chi connectivity index (χ4v) is 4.31. The molecule has 2 fully saturated rings. The van der Waals surface area contributed by atoms with E-state index in [1.54, 1.807) is 0 Å². The molecule has 0 unspecified atom stereocenters. The third kappa shape index (κ3) is 4.98. The molecular weight excluding hydrogens is 364 g/mol. The van der Waals surface area contributed by atoms with Gasteiger partial charge in [0.05, 0.1) is 18.7 Å². The third-order valence-electron chi connectivity index (χ3n) is 6.22. The highest BCUT2D eigenvalue weighted by atomic mass is 16.5. The van der Waals surface area contributed by atoms with E-state index in [0.717, 1.165) is 42.3 Å². The zero-order chi connectivity index (χ0) is 20.2. The number of fused-ring (bicyclic) bond motifs is 1. The maximum Gasteiger partial charge on any atom is 0.237 e. The lowest BCUT2D eigenvalue weighted by molar-refractivity contribution is -0.128. The lowest BCUT2D eigenvalue weighted by atomic mass is 10.00. The maximum atomic E-state index is 13.1. The minimum absolute atomic E-state index is 0.0334. The van der Waals surface area contributed by atoms with Crippen molar-refractivity contribution in [1.82, 2.24) is 10.2 Å². The Morgan fingerprint density at radius 1 is 1.14 bits per heavy atom. The number of piperidine rings is 1. The number of aliphatic hydroxyl groups excluding tert-OH is 1. The molecule has 0 bridgehead atoms. The van der Waals surface area contributed by atoms with Crippen molar-refractivity contribution < 1.29 is 14.6 Å². The van der Waals surface area contributed by atoms with Crippen LogP contribution >= 0.6 is 0 Å². The second-order valence-corrected chi connectivity index (χ2v) is 8.29. The minimum atomic E-state index is -0.0858. The monoisotopic (exact) mass is 394 g/mol. The number of likely N-dealkylation sites (tertiary alicyclic amines) is 1. The van der Waals surface area contributed by atoms with Crippen LogP contribution in [-0.4, -0.2) is 41.7 Å². The predicted molar refractivity (Wildman–Crippen MR) is 112 cm³/mol. The van der Waals surface area contributed by atoms with Crippen molar-refractivity contribution in [3.8, 4) is 5.75 Å². The predicted octanol–water partition coefficient (Wildman–Crippen LogP) is 3.15. The summed E-state index contributed by atoms with van der Waals surface area (Å²) in [6.45, 7) is 4.38. The van der Waals surface area contributed by atoms with Crippen LogP contribution in [0.5, 0.6) is 5.75 Å². The highest BCUT2D eigenvalue weighted by Crippen LogP contribution is 2.47. The Morgan fingerprint density at radius 3 is 2.62 bits per heavy atom. The Bertz CT molecular complexity index is 809. The molecule has 1 aliphatic heterocycles. The summed E-state index contributed by atoms with van der Waals surface area (Å²) in [5.41, 5.74) is 1.93. The Labute approximate surface area is 172 Å². The number of hydrogen-bond acceptors (Lipinski definition) is 4. The quantitative estimate of drug-likeness (QED) is 0.722. The number of benzene rings is 2. The molecular formula is C24H30N2O3. The van der Waals surface area contributed by atoms with Gasteiger partial charge in [0.15, 0.2) is 0 Å². The fourth-order valence-electron chi connectivity index (χ4n) is 4.31. The first-order valence-electron chi connectivity index (χ1n) is 10.6. The van der Waals surface area contributed by atoms with Gasteiger partial charge in [-0.05, 0) is 54.9 Å². The highest BCUT2D eigenvalue weighted by molar-refractivity contribution is 5.82. The Kier molecular flexibility index (Phi) is 6.16. The van der Waals surface area contributed by atoms with Gasteiger partial charge in [-0.1, -0.05) is 42.5 Å². The van der Waals surface area contributed by atoms with Gasteiger partial charge >= 0.3 is 0 Å². The number of nitrogens with zero attached hydrogens (tertiary/aromatic N) is 1. The number of nitrogens with one attached hydrogen (secondary N) is 1. The molecule has 1 aliphatic carbocycles. The Hall–Kier alpha value is -2.37. The number of ether oxygens (including phenoxy) is 1. The van der Waals surface area contributed by atoms with Gasteiger partial charge in [0, 0.05) is 13.1 Å². The van der Waals surface area contributed by atoms with Crippen LogP contribution in [0.25, 0.3) is 0 Å². The van der Waals surface area contributed by atoms with Crippen LogP contribution in [0.2, 0.25) is 0 Å². The number of amides is 1. The molecule has 29 heavy (non-hydrogen) atoms. The largest absolute Gasteiger partial charge is 0.492 e. The molecule has 2 aromatic carbocycles. The van der Waals surface area contributed by atoms with Crippen LogP contribution in [0.15, 0.2) is 54.6 Å². The molecule has 0 spiro atoms. The minimum Gasteiger partial charge on any atom is -0.492 e. The fraction of sp³-hybridized carbons (Fsp3) is 0.458. The molecule has 1 amide bonds. The van der Waals surface area contributed by atoms with Gasteiger partial charge in [-0.25, -0.2) is 0 Å². The number of rotatable bonds is 8. The first-order valence-corrected chi connectivity index (χ1v) is 10.6. The van der Waals surface area contributed by atoms with E-state index in [-0.39, 0.29) is 24.6 Å². The summed E-state index contributed by atoms with van der Waals surface area (Å²) >= 11 is 0. The van der Waals surface area contributed by atoms with Crippen molar-refractivity contribution in [1.29, 1.82) is 0 Å². The van der Waals surface area contributed by atoms with Crippen LogP contribution in [-0.2, 0) is 11.4 Å². The first kappa shape index (κ1) is 19.9. The van der Waals surface area contributed by atoms with Gasteiger partial charge in [0.25, 0.3) is 0 Å². The molecule has 2 aromatic rings. The number of aliphatic hydroxyl groups is 1. The van der Waals surface area contributed by atoms with E-state index >= 15 is 0 Å². The average molecular weight is 395 g/mol. The number of carbonyl (C=O) groups excluding carboxylic acids is 1. The van der Waals surface area contributed by atoms with Crippen molar-refractivity contribution in [2.24, 2.45) is 11.8 Å². The summed E-state index contributed by atoms with van der Waals surface area (Å²) in [7, 11) is 0. The van der Waals surface area contributed by atoms with E-state index in [1.165, 1.54) is 6.42 Å². The molecule has 0 radical (unpaired) electrons. The third-order valence-corrected chi connectivity index (χ3v) is 6.22. The van der Waals surface area contributed by atoms with Crippen molar-refractivity contribution >= 4 is 5.91 Å². The zero-order valence-electron chi connectivity index (χ0n) is 17.0. The lowest BCUT2D eigenvalue weighted by Crippen LogP contribution is -2.51. The molecule has 154 valence electrons. The van der Waals surface area contributed by atoms with E-state index in [1.807, 2.05) is 61.5 Å². The van der Waals surface area contributed by atoms with Gasteiger partial charge in [0.1, 0.15) is 12.4 Å². The highest BCUT2D eigenvalue weighted by Gasteiger charge is 2.47. The molecule has 5 nitrogen and oxygen atoms in total. The van der Waals surface area contributed by atoms with E-state index < -0.39 is 0 Å². The van der Waals surface area contributed by atoms with Gasteiger partial charge < -0.3 is 15.2 Å². The van der Waals surface area contributed by atoms with Crippen LogP contribution in [0, 0.1) is 11.8 Å². The standard InChI is InChI=1S/C24H30N2O3/c1-17(19-9-7-18(16-27)8-10-19)25-24(28)23-14-20-13-21(20)15-26(23)11-12-29-22-5-3-2-4-6-22/h2-10,17,20-21,23,27H,11-16H2,1H3,(H,25,28)/t17-,20-,21+,23+/m0/s1. The summed E-state index contributed by atoms with van der Waals surface area (Å²) in [6, 6.07) is 17.4. The van der Waals surface area contributed by atoms with Gasteiger partial charge in [-0.3, -0.25) is 9.69 Å². The zero-order valence-corrected chi connectivity index (χ0v) is 17.0. The molecule has 5 heteroatoms. The van der Waals surface area contributed by atoms with E-state index in [9.17, 15) is 9.90 Å². The first-order chi connectivity index (χ1) is 14.1. The summed E-state index contributed by atoms with van der Waals surface area (Å²) in [4.78, 5) is 15.4. The summed E-state index contributed by atoms with van der Waals surface area (Å²) in [5, 5.41) is 12.4. The van der Waals surface area contributed by atoms with Gasteiger partial charge in [-0.15, -0.1) is 0 Å². The van der Waals surface area contributed by atoms with Crippen LogP contribution < -0.4 is 10.1 Å². The maximum absolute atomic E-state index is 13.1. The van der Waals surface area contributed by atoms with Gasteiger partial charge in [-0.2, -0.15) is 0 Å².